The van der Waals surface area contributed by atoms with Crippen LogP contribution >= 0.6 is 11.6 Å². The molecule has 6 heteroatoms. The Bertz CT molecular complexity index is 949. The number of aromatic amines is 1. The van der Waals surface area contributed by atoms with Crippen LogP contribution in [0.2, 0.25) is 5.02 Å². The minimum absolute atomic E-state index is 0.397. The topological polar surface area (TPSA) is 71.2 Å². The zero-order valence-electron chi connectivity index (χ0n) is 13.8. The van der Waals surface area contributed by atoms with Crippen LogP contribution in [-0.4, -0.2) is 23.0 Å². The van der Waals surface area contributed by atoms with E-state index in [0.717, 1.165) is 16.5 Å². The molecule has 0 aliphatic carbocycles. The predicted octanol–water partition coefficient (Wildman–Crippen LogP) is 4.31. The van der Waals surface area contributed by atoms with Gasteiger partial charge in [-0.15, -0.1) is 0 Å². The molecule has 0 saturated carbocycles. The Morgan fingerprint density at radius 1 is 1.16 bits per heavy atom. The van der Waals surface area contributed by atoms with Gasteiger partial charge in [0.25, 0.3) is 5.91 Å². The normalized spacial score (nSPS) is 12.0. The molecule has 128 valence electrons. The third kappa shape index (κ3) is 3.51. The number of esters is 1. The number of para-hydroxylation sites is 1. The fourth-order valence-corrected chi connectivity index (χ4v) is 2.67. The molecule has 0 aliphatic heterocycles. The number of H-pyrrole nitrogens is 1. The maximum Gasteiger partial charge on any atom is 0.341 e. The molecule has 1 heterocycles. The Kier molecular flexibility index (Phi) is 4.76. The van der Waals surface area contributed by atoms with Gasteiger partial charge in [-0.25, -0.2) is 4.79 Å². The lowest BCUT2D eigenvalue weighted by molar-refractivity contribution is -0.123. The Morgan fingerprint density at radius 2 is 1.92 bits per heavy atom. The summed E-state index contributed by atoms with van der Waals surface area (Å²) < 4.78 is 5.30. The van der Waals surface area contributed by atoms with Gasteiger partial charge in [-0.1, -0.05) is 35.9 Å². The number of nitrogens with one attached hydrogen (secondary N) is 2. The minimum atomic E-state index is -0.945. The molecule has 0 unspecified atom stereocenters. The number of fused-ring (bicyclic) bond motifs is 1. The fourth-order valence-electron chi connectivity index (χ4n) is 2.50. The Morgan fingerprint density at radius 3 is 2.72 bits per heavy atom. The van der Waals surface area contributed by atoms with Gasteiger partial charge in [0, 0.05) is 27.8 Å². The first kappa shape index (κ1) is 17.0. The molecule has 0 radical (unpaired) electrons. The summed E-state index contributed by atoms with van der Waals surface area (Å²) in [4.78, 5) is 27.7. The van der Waals surface area contributed by atoms with Crippen LogP contribution in [0.5, 0.6) is 0 Å². The minimum Gasteiger partial charge on any atom is -0.449 e. The number of hydrogen-bond donors (Lipinski definition) is 2. The smallest absolute Gasteiger partial charge is 0.341 e. The van der Waals surface area contributed by atoms with E-state index in [4.69, 9.17) is 16.3 Å². The molecular formula is C19H17ClN2O3. The molecule has 0 fully saturated rings. The van der Waals surface area contributed by atoms with Crippen LogP contribution in [0, 0.1) is 6.92 Å². The van der Waals surface area contributed by atoms with Gasteiger partial charge in [-0.3, -0.25) is 4.79 Å². The first-order valence-corrected chi connectivity index (χ1v) is 8.18. The van der Waals surface area contributed by atoms with Crippen LogP contribution in [0.15, 0.2) is 48.7 Å². The van der Waals surface area contributed by atoms with E-state index in [-0.39, 0.29) is 0 Å². The number of rotatable bonds is 4. The van der Waals surface area contributed by atoms with E-state index in [9.17, 15) is 9.59 Å². The van der Waals surface area contributed by atoms with Gasteiger partial charge in [0.2, 0.25) is 0 Å². The van der Waals surface area contributed by atoms with Crippen LogP contribution in [0.3, 0.4) is 0 Å². The van der Waals surface area contributed by atoms with Gasteiger partial charge in [-0.2, -0.15) is 0 Å². The largest absolute Gasteiger partial charge is 0.449 e. The number of benzene rings is 2. The van der Waals surface area contributed by atoms with Crippen molar-refractivity contribution < 1.29 is 14.3 Å². The summed E-state index contributed by atoms with van der Waals surface area (Å²) >= 11 is 6.04. The van der Waals surface area contributed by atoms with Crippen LogP contribution in [0.1, 0.15) is 22.8 Å². The summed E-state index contributed by atoms with van der Waals surface area (Å²) in [6.45, 7) is 3.34. The number of anilines is 1. The van der Waals surface area contributed by atoms with Crippen molar-refractivity contribution in [1.82, 2.24) is 4.98 Å². The van der Waals surface area contributed by atoms with Crippen molar-refractivity contribution in [3.8, 4) is 0 Å². The summed E-state index contributed by atoms with van der Waals surface area (Å²) in [6.07, 6.45) is 0.637. The van der Waals surface area contributed by atoms with E-state index in [1.54, 1.807) is 31.3 Å². The highest BCUT2D eigenvalue weighted by Gasteiger charge is 2.21. The molecule has 1 amide bonds. The van der Waals surface area contributed by atoms with E-state index in [2.05, 4.69) is 10.3 Å². The van der Waals surface area contributed by atoms with E-state index >= 15 is 0 Å². The molecule has 2 aromatic carbocycles. The van der Waals surface area contributed by atoms with Crippen molar-refractivity contribution in [3.05, 3.63) is 64.8 Å². The van der Waals surface area contributed by atoms with E-state index < -0.39 is 18.0 Å². The van der Waals surface area contributed by atoms with Gasteiger partial charge >= 0.3 is 5.97 Å². The fraction of sp³-hybridized carbons (Fsp3) is 0.158. The summed E-state index contributed by atoms with van der Waals surface area (Å²) in [5, 5.41) is 4.04. The van der Waals surface area contributed by atoms with Crippen molar-refractivity contribution in [2.45, 2.75) is 20.0 Å². The van der Waals surface area contributed by atoms with Crippen LogP contribution in [0.25, 0.3) is 10.9 Å². The predicted molar refractivity (Wildman–Crippen MR) is 98.0 cm³/mol. The molecule has 0 spiro atoms. The maximum atomic E-state index is 12.4. The Labute approximate surface area is 149 Å². The van der Waals surface area contributed by atoms with Gasteiger partial charge in [0.15, 0.2) is 6.10 Å². The molecule has 0 saturated heterocycles. The van der Waals surface area contributed by atoms with Gasteiger partial charge in [0.05, 0.1) is 5.56 Å². The first-order chi connectivity index (χ1) is 12.0. The lowest BCUT2D eigenvalue weighted by Crippen LogP contribution is -2.30. The number of hydrogen-bond acceptors (Lipinski definition) is 3. The second-order valence-corrected chi connectivity index (χ2v) is 6.10. The van der Waals surface area contributed by atoms with E-state index in [0.29, 0.717) is 16.3 Å². The monoisotopic (exact) mass is 356 g/mol. The van der Waals surface area contributed by atoms with Gasteiger partial charge in [0.1, 0.15) is 0 Å². The Balaban J connectivity index is 1.71. The SMILES string of the molecule is Cc1c(Cl)cccc1NC(=O)[C@@H](C)OC(=O)c1c[nH]c2ccccc12. The van der Waals surface area contributed by atoms with Crippen molar-refractivity contribution in [3.63, 3.8) is 0 Å². The molecule has 0 bridgehead atoms. The number of aromatic nitrogens is 1. The zero-order valence-corrected chi connectivity index (χ0v) is 14.6. The van der Waals surface area contributed by atoms with Crippen LogP contribution < -0.4 is 5.32 Å². The molecule has 2 N–H and O–H groups in total. The second-order valence-electron chi connectivity index (χ2n) is 5.70. The molecule has 3 aromatic rings. The quantitative estimate of drug-likeness (QED) is 0.684. The lowest BCUT2D eigenvalue weighted by Gasteiger charge is -2.15. The standard InChI is InChI=1S/C19H17ClN2O3/c1-11-15(20)7-5-9-16(11)22-18(23)12(2)25-19(24)14-10-21-17-8-4-3-6-13(14)17/h3-10,12,21H,1-2H3,(H,22,23)/t12-/m1/s1. The maximum absolute atomic E-state index is 12.4. The summed E-state index contributed by atoms with van der Waals surface area (Å²) in [6, 6.07) is 12.6. The van der Waals surface area contributed by atoms with Crippen molar-refractivity contribution >= 4 is 40.1 Å². The van der Waals surface area contributed by atoms with E-state index in [1.807, 2.05) is 24.3 Å². The summed E-state index contributed by atoms with van der Waals surface area (Å²) in [5.74, 6) is -0.971. The van der Waals surface area contributed by atoms with Crippen molar-refractivity contribution in [2.24, 2.45) is 0 Å². The third-order valence-electron chi connectivity index (χ3n) is 3.99. The third-order valence-corrected chi connectivity index (χ3v) is 4.40. The Hall–Kier alpha value is -2.79. The van der Waals surface area contributed by atoms with Gasteiger partial charge < -0.3 is 15.0 Å². The number of carbonyl (C=O) groups is 2. The summed E-state index contributed by atoms with van der Waals surface area (Å²) in [7, 11) is 0. The highest BCUT2D eigenvalue weighted by atomic mass is 35.5. The highest BCUT2D eigenvalue weighted by Crippen LogP contribution is 2.23. The van der Waals surface area contributed by atoms with Crippen molar-refractivity contribution in [1.29, 1.82) is 0 Å². The van der Waals surface area contributed by atoms with Gasteiger partial charge in [-0.05, 0) is 37.6 Å². The number of carbonyl (C=O) groups excluding carboxylic acids is 2. The molecule has 0 aliphatic rings. The average Bonchev–Trinajstić information content (AvgIpc) is 3.03. The molecule has 5 nitrogen and oxygen atoms in total. The van der Waals surface area contributed by atoms with Crippen molar-refractivity contribution in [2.75, 3.05) is 5.32 Å². The number of halogens is 1. The zero-order chi connectivity index (χ0) is 18.0. The average molecular weight is 357 g/mol. The molecule has 25 heavy (non-hydrogen) atoms. The molecular weight excluding hydrogens is 340 g/mol. The van der Waals surface area contributed by atoms with Crippen LogP contribution in [-0.2, 0) is 9.53 Å². The molecule has 3 rings (SSSR count). The number of amides is 1. The van der Waals surface area contributed by atoms with Crippen LogP contribution in [0.4, 0.5) is 5.69 Å². The number of ether oxygens (including phenoxy) is 1. The van der Waals surface area contributed by atoms with E-state index in [1.165, 1.54) is 6.92 Å². The summed E-state index contributed by atoms with van der Waals surface area (Å²) in [5.41, 5.74) is 2.58. The second kappa shape index (κ2) is 6.99. The first-order valence-electron chi connectivity index (χ1n) is 7.80. The lowest BCUT2D eigenvalue weighted by atomic mass is 10.2. The highest BCUT2D eigenvalue weighted by molar-refractivity contribution is 6.31. The molecule has 1 aromatic heterocycles. The molecule has 1 atom stereocenters.